The van der Waals surface area contributed by atoms with Gasteiger partial charge in [0.2, 0.25) is 0 Å². The summed E-state index contributed by atoms with van der Waals surface area (Å²) in [5, 5.41) is 0.806. The summed E-state index contributed by atoms with van der Waals surface area (Å²) in [6.07, 6.45) is 0.875. The van der Waals surface area contributed by atoms with E-state index in [1.165, 1.54) is 5.56 Å². The predicted octanol–water partition coefficient (Wildman–Crippen LogP) is 2.30. The van der Waals surface area contributed by atoms with Crippen molar-refractivity contribution < 1.29 is 0 Å². The molecule has 0 aliphatic heterocycles. The monoisotopic (exact) mass is 212 g/mol. The van der Waals surface area contributed by atoms with Crippen molar-refractivity contribution >= 4 is 17.3 Å². The Morgan fingerprint density at radius 2 is 2.14 bits per heavy atom. The second kappa shape index (κ2) is 5.23. The fraction of sp³-hybridized carbons (Fsp3) is 0.455. The van der Waals surface area contributed by atoms with Crippen molar-refractivity contribution in [3.8, 4) is 0 Å². The van der Waals surface area contributed by atoms with Gasteiger partial charge in [-0.2, -0.15) is 0 Å². The third-order valence-corrected chi connectivity index (χ3v) is 2.65. The van der Waals surface area contributed by atoms with Gasteiger partial charge in [0.05, 0.1) is 10.7 Å². The van der Waals surface area contributed by atoms with Gasteiger partial charge in [-0.3, -0.25) is 0 Å². The van der Waals surface area contributed by atoms with E-state index in [2.05, 4.69) is 17.9 Å². The van der Waals surface area contributed by atoms with Crippen LogP contribution in [0.4, 0.5) is 5.69 Å². The Morgan fingerprint density at radius 3 is 2.71 bits per heavy atom. The van der Waals surface area contributed by atoms with Gasteiger partial charge in [-0.15, -0.1) is 0 Å². The summed E-state index contributed by atoms with van der Waals surface area (Å²) in [5.41, 5.74) is 7.90. The highest BCUT2D eigenvalue weighted by atomic mass is 35.5. The van der Waals surface area contributed by atoms with Crippen LogP contribution in [0.25, 0.3) is 0 Å². The van der Waals surface area contributed by atoms with Crippen LogP contribution in [0.5, 0.6) is 0 Å². The Morgan fingerprint density at radius 1 is 1.43 bits per heavy atom. The molecule has 1 rings (SSSR count). The maximum Gasteiger partial charge on any atom is 0.0642 e. The molecule has 0 unspecified atom stereocenters. The Hall–Kier alpha value is -0.730. The molecule has 0 aliphatic rings. The number of para-hydroxylation sites is 1. The van der Waals surface area contributed by atoms with E-state index in [1.54, 1.807) is 0 Å². The van der Waals surface area contributed by atoms with E-state index in [4.69, 9.17) is 17.3 Å². The van der Waals surface area contributed by atoms with Crippen molar-refractivity contribution in [2.24, 2.45) is 5.73 Å². The average Bonchev–Trinajstić information content (AvgIpc) is 2.18. The number of halogens is 1. The molecule has 14 heavy (non-hydrogen) atoms. The Balaban J connectivity index is 3.08. The highest BCUT2D eigenvalue weighted by Crippen LogP contribution is 2.29. The van der Waals surface area contributed by atoms with Crippen LogP contribution in [-0.4, -0.2) is 20.1 Å². The van der Waals surface area contributed by atoms with Gasteiger partial charge in [0.1, 0.15) is 0 Å². The molecule has 78 valence electrons. The Kier molecular flexibility index (Phi) is 4.23. The molecule has 0 aromatic heterocycles. The quantitative estimate of drug-likeness (QED) is 0.830. The first kappa shape index (κ1) is 11.3. The minimum atomic E-state index is 0.658. The lowest BCUT2D eigenvalue weighted by molar-refractivity contribution is 0.919. The van der Waals surface area contributed by atoms with Crippen molar-refractivity contribution in [2.45, 2.75) is 13.3 Å². The normalized spacial score (nSPS) is 10.3. The molecule has 0 amide bonds. The first-order chi connectivity index (χ1) is 6.70. The summed E-state index contributed by atoms with van der Waals surface area (Å²) in [7, 11) is 2.04. The molecule has 1 aromatic carbocycles. The molecule has 0 fully saturated rings. The van der Waals surface area contributed by atoms with E-state index in [0.29, 0.717) is 6.54 Å². The summed E-state index contributed by atoms with van der Waals surface area (Å²) in [4.78, 5) is 2.15. The van der Waals surface area contributed by atoms with Gasteiger partial charge in [0, 0.05) is 13.6 Å². The molecular formula is C11H17ClN2. The summed E-state index contributed by atoms with van der Waals surface area (Å²) in [6.45, 7) is 3.71. The molecule has 0 saturated carbocycles. The number of hydrogen-bond acceptors (Lipinski definition) is 2. The zero-order chi connectivity index (χ0) is 10.6. The first-order valence-corrected chi connectivity index (χ1v) is 5.27. The molecule has 0 radical (unpaired) electrons. The van der Waals surface area contributed by atoms with Gasteiger partial charge < -0.3 is 10.6 Å². The molecule has 0 bridgehead atoms. The topological polar surface area (TPSA) is 29.3 Å². The molecule has 2 nitrogen and oxygen atoms in total. The number of anilines is 1. The minimum Gasteiger partial charge on any atom is -0.373 e. The summed E-state index contributed by atoms with van der Waals surface area (Å²) >= 11 is 6.16. The number of rotatable bonds is 4. The number of benzene rings is 1. The predicted molar refractivity (Wildman–Crippen MR) is 63.2 cm³/mol. The average molecular weight is 213 g/mol. The maximum atomic E-state index is 6.16. The van der Waals surface area contributed by atoms with Crippen LogP contribution in [0, 0.1) is 0 Å². The SMILES string of the molecule is CCN(C)c1c(Cl)cccc1CCN. The molecule has 0 heterocycles. The molecule has 0 aliphatic carbocycles. The summed E-state index contributed by atoms with van der Waals surface area (Å²) < 4.78 is 0. The van der Waals surface area contributed by atoms with Gasteiger partial charge >= 0.3 is 0 Å². The molecule has 0 spiro atoms. The summed E-state index contributed by atoms with van der Waals surface area (Å²) in [6, 6.07) is 5.98. The molecule has 1 aromatic rings. The highest BCUT2D eigenvalue weighted by molar-refractivity contribution is 6.33. The third-order valence-electron chi connectivity index (χ3n) is 2.34. The Labute approximate surface area is 90.7 Å². The second-order valence-corrected chi connectivity index (χ2v) is 3.71. The number of hydrogen-bond donors (Lipinski definition) is 1. The van der Waals surface area contributed by atoms with Crippen molar-refractivity contribution in [1.29, 1.82) is 0 Å². The Bertz CT molecular complexity index is 299. The lowest BCUT2D eigenvalue weighted by Crippen LogP contribution is -2.19. The zero-order valence-electron chi connectivity index (χ0n) is 8.76. The van der Waals surface area contributed by atoms with E-state index in [1.807, 2.05) is 19.2 Å². The van der Waals surface area contributed by atoms with E-state index < -0.39 is 0 Å². The van der Waals surface area contributed by atoms with E-state index in [9.17, 15) is 0 Å². The second-order valence-electron chi connectivity index (χ2n) is 3.30. The van der Waals surface area contributed by atoms with Crippen LogP contribution >= 0.6 is 11.6 Å². The minimum absolute atomic E-state index is 0.658. The molecule has 0 saturated heterocycles. The van der Waals surface area contributed by atoms with Crippen LogP contribution in [0.2, 0.25) is 5.02 Å². The van der Waals surface area contributed by atoms with E-state index in [-0.39, 0.29) is 0 Å². The van der Waals surface area contributed by atoms with Crippen LogP contribution in [-0.2, 0) is 6.42 Å². The third kappa shape index (κ3) is 2.40. The van der Waals surface area contributed by atoms with Gasteiger partial charge in [0.25, 0.3) is 0 Å². The van der Waals surface area contributed by atoms with Gasteiger partial charge in [-0.1, -0.05) is 23.7 Å². The molecule has 0 atom stereocenters. The van der Waals surface area contributed by atoms with Crippen molar-refractivity contribution in [3.63, 3.8) is 0 Å². The van der Waals surface area contributed by atoms with Crippen LogP contribution in [0.1, 0.15) is 12.5 Å². The smallest absolute Gasteiger partial charge is 0.0642 e. The van der Waals surface area contributed by atoms with Crippen LogP contribution in [0.3, 0.4) is 0 Å². The van der Waals surface area contributed by atoms with Gasteiger partial charge in [-0.25, -0.2) is 0 Å². The van der Waals surface area contributed by atoms with Crippen molar-refractivity contribution in [2.75, 3.05) is 25.0 Å². The number of nitrogens with zero attached hydrogens (tertiary/aromatic N) is 1. The molecule has 2 N–H and O–H groups in total. The van der Waals surface area contributed by atoms with Crippen molar-refractivity contribution in [3.05, 3.63) is 28.8 Å². The lowest BCUT2D eigenvalue weighted by Gasteiger charge is -2.21. The first-order valence-electron chi connectivity index (χ1n) is 4.89. The standard InChI is InChI=1S/C11H17ClN2/c1-3-14(2)11-9(7-8-13)5-4-6-10(11)12/h4-6H,3,7-8,13H2,1-2H3. The van der Waals surface area contributed by atoms with Gasteiger partial charge in [-0.05, 0) is 31.5 Å². The number of nitrogens with two attached hydrogens (primary N) is 1. The van der Waals surface area contributed by atoms with E-state index >= 15 is 0 Å². The molecule has 3 heteroatoms. The van der Waals surface area contributed by atoms with Crippen molar-refractivity contribution in [1.82, 2.24) is 0 Å². The highest BCUT2D eigenvalue weighted by Gasteiger charge is 2.09. The van der Waals surface area contributed by atoms with Crippen LogP contribution in [0.15, 0.2) is 18.2 Å². The maximum absolute atomic E-state index is 6.16. The lowest BCUT2D eigenvalue weighted by atomic mass is 10.1. The van der Waals surface area contributed by atoms with Gasteiger partial charge in [0.15, 0.2) is 0 Å². The zero-order valence-corrected chi connectivity index (χ0v) is 9.51. The fourth-order valence-electron chi connectivity index (χ4n) is 1.50. The summed E-state index contributed by atoms with van der Waals surface area (Å²) in [5.74, 6) is 0. The largest absolute Gasteiger partial charge is 0.373 e. The fourth-order valence-corrected chi connectivity index (χ4v) is 1.84. The van der Waals surface area contributed by atoms with E-state index in [0.717, 1.165) is 23.7 Å². The van der Waals surface area contributed by atoms with Crippen LogP contribution < -0.4 is 10.6 Å². The molecular weight excluding hydrogens is 196 g/mol.